The standard InChI is InChI=1S/C12H16IN5/c1-3-14-11(8-12-15-17-18(2)16-12)9-6-4-5-7-10(9)13/h4-7,11,14H,3,8H2,1-2H3. The molecule has 96 valence electrons. The largest absolute Gasteiger partial charge is 0.310 e. The summed E-state index contributed by atoms with van der Waals surface area (Å²) in [6, 6.07) is 8.60. The molecule has 2 aromatic rings. The normalized spacial score (nSPS) is 12.6. The molecular formula is C12H16IN5. The molecule has 1 N–H and O–H groups in total. The van der Waals surface area contributed by atoms with Crippen molar-refractivity contribution in [3.63, 3.8) is 0 Å². The number of aromatic nitrogens is 4. The SMILES string of the molecule is CCNC(Cc1nnn(C)n1)c1ccccc1I. The van der Waals surface area contributed by atoms with Crippen molar-refractivity contribution in [1.29, 1.82) is 0 Å². The molecule has 0 aliphatic rings. The minimum absolute atomic E-state index is 0.229. The first-order chi connectivity index (χ1) is 8.70. The molecule has 0 amide bonds. The van der Waals surface area contributed by atoms with Crippen LogP contribution in [0.25, 0.3) is 0 Å². The van der Waals surface area contributed by atoms with E-state index in [-0.39, 0.29) is 6.04 Å². The fourth-order valence-electron chi connectivity index (χ4n) is 1.88. The number of benzene rings is 1. The van der Waals surface area contributed by atoms with Gasteiger partial charge in [-0.2, -0.15) is 4.80 Å². The highest BCUT2D eigenvalue weighted by Crippen LogP contribution is 2.22. The summed E-state index contributed by atoms with van der Waals surface area (Å²) in [7, 11) is 1.78. The van der Waals surface area contributed by atoms with E-state index < -0.39 is 0 Å². The van der Waals surface area contributed by atoms with Crippen LogP contribution in [-0.2, 0) is 13.5 Å². The van der Waals surface area contributed by atoms with Gasteiger partial charge >= 0.3 is 0 Å². The first-order valence-electron chi connectivity index (χ1n) is 5.91. The van der Waals surface area contributed by atoms with Crippen molar-refractivity contribution in [3.05, 3.63) is 39.2 Å². The minimum Gasteiger partial charge on any atom is -0.310 e. The molecule has 0 bridgehead atoms. The molecule has 0 spiro atoms. The molecule has 0 aliphatic heterocycles. The number of rotatable bonds is 5. The number of likely N-dealkylation sites (N-methyl/N-ethyl adjacent to an activating group) is 1. The van der Waals surface area contributed by atoms with Gasteiger partial charge in [-0.15, -0.1) is 10.2 Å². The zero-order valence-corrected chi connectivity index (χ0v) is 12.6. The minimum atomic E-state index is 0.229. The second-order valence-corrected chi connectivity index (χ2v) is 5.19. The maximum absolute atomic E-state index is 4.24. The van der Waals surface area contributed by atoms with E-state index in [2.05, 4.69) is 74.5 Å². The van der Waals surface area contributed by atoms with Gasteiger partial charge in [0.2, 0.25) is 0 Å². The second kappa shape index (κ2) is 6.24. The van der Waals surface area contributed by atoms with Gasteiger partial charge < -0.3 is 5.32 Å². The molecule has 18 heavy (non-hydrogen) atoms. The van der Waals surface area contributed by atoms with Gasteiger partial charge in [-0.05, 0) is 46.0 Å². The maximum atomic E-state index is 4.24. The molecule has 1 unspecified atom stereocenters. The number of hydrogen-bond donors (Lipinski definition) is 1. The lowest BCUT2D eigenvalue weighted by molar-refractivity contribution is 0.533. The highest BCUT2D eigenvalue weighted by Gasteiger charge is 2.16. The summed E-state index contributed by atoms with van der Waals surface area (Å²) in [5.74, 6) is 0.767. The smallest absolute Gasteiger partial charge is 0.176 e. The van der Waals surface area contributed by atoms with E-state index in [1.54, 1.807) is 7.05 Å². The van der Waals surface area contributed by atoms with E-state index in [1.807, 2.05) is 0 Å². The molecule has 1 atom stereocenters. The Morgan fingerprint density at radius 1 is 1.39 bits per heavy atom. The molecule has 1 aromatic carbocycles. The lowest BCUT2D eigenvalue weighted by Crippen LogP contribution is -2.24. The summed E-state index contributed by atoms with van der Waals surface area (Å²) in [4.78, 5) is 1.49. The van der Waals surface area contributed by atoms with Crippen molar-refractivity contribution < 1.29 is 0 Å². The Bertz CT molecular complexity index is 511. The van der Waals surface area contributed by atoms with Crippen LogP contribution in [0.2, 0.25) is 0 Å². The third-order valence-electron chi connectivity index (χ3n) is 2.67. The summed E-state index contributed by atoms with van der Waals surface area (Å²) in [6.07, 6.45) is 0.752. The van der Waals surface area contributed by atoms with Crippen LogP contribution in [0, 0.1) is 3.57 Å². The molecule has 0 aliphatic carbocycles. The maximum Gasteiger partial charge on any atom is 0.176 e. The molecule has 0 saturated heterocycles. The number of nitrogens with zero attached hydrogens (tertiary/aromatic N) is 4. The van der Waals surface area contributed by atoms with Crippen molar-refractivity contribution in [3.8, 4) is 0 Å². The van der Waals surface area contributed by atoms with E-state index in [1.165, 1.54) is 13.9 Å². The molecular weight excluding hydrogens is 341 g/mol. The van der Waals surface area contributed by atoms with Crippen LogP contribution < -0.4 is 5.32 Å². The average molecular weight is 357 g/mol. The van der Waals surface area contributed by atoms with Gasteiger partial charge in [0.05, 0.1) is 7.05 Å². The summed E-state index contributed by atoms with van der Waals surface area (Å²) >= 11 is 2.36. The number of hydrogen-bond acceptors (Lipinski definition) is 4. The van der Waals surface area contributed by atoms with Gasteiger partial charge in [-0.1, -0.05) is 25.1 Å². The Kier molecular flexibility index (Phi) is 4.65. The third-order valence-corrected chi connectivity index (χ3v) is 3.65. The summed E-state index contributed by atoms with van der Waals surface area (Å²) in [5.41, 5.74) is 1.28. The monoisotopic (exact) mass is 357 g/mol. The average Bonchev–Trinajstić information content (AvgIpc) is 2.75. The second-order valence-electron chi connectivity index (χ2n) is 4.03. The molecule has 5 nitrogen and oxygen atoms in total. The molecule has 0 fully saturated rings. The zero-order valence-electron chi connectivity index (χ0n) is 10.5. The highest BCUT2D eigenvalue weighted by atomic mass is 127. The van der Waals surface area contributed by atoms with Crippen molar-refractivity contribution in [1.82, 2.24) is 25.5 Å². The van der Waals surface area contributed by atoms with E-state index in [0.29, 0.717) is 0 Å². The van der Waals surface area contributed by atoms with Crippen molar-refractivity contribution in [2.45, 2.75) is 19.4 Å². The van der Waals surface area contributed by atoms with Crippen LogP contribution in [-0.4, -0.2) is 26.8 Å². The van der Waals surface area contributed by atoms with Gasteiger partial charge in [0, 0.05) is 16.0 Å². The Morgan fingerprint density at radius 3 is 2.78 bits per heavy atom. The van der Waals surface area contributed by atoms with Crippen molar-refractivity contribution in [2.75, 3.05) is 6.54 Å². The Balaban J connectivity index is 2.20. The van der Waals surface area contributed by atoms with Crippen LogP contribution in [0.4, 0.5) is 0 Å². The molecule has 1 heterocycles. The number of halogens is 1. The molecule has 6 heteroatoms. The lowest BCUT2D eigenvalue weighted by Gasteiger charge is -2.18. The van der Waals surface area contributed by atoms with E-state index in [4.69, 9.17) is 0 Å². The Hall–Kier alpha value is -1.02. The van der Waals surface area contributed by atoms with Crippen LogP contribution >= 0.6 is 22.6 Å². The fourth-order valence-corrected chi connectivity index (χ4v) is 2.65. The third kappa shape index (κ3) is 3.26. The number of nitrogens with one attached hydrogen (secondary N) is 1. The summed E-state index contributed by atoms with van der Waals surface area (Å²) in [5, 5.41) is 15.6. The summed E-state index contributed by atoms with van der Waals surface area (Å²) in [6.45, 7) is 3.02. The Morgan fingerprint density at radius 2 is 2.17 bits per heavy atom. The van der Waals surface area contributed by atoms with Crippen molar-refractivity contribution >= 4 is 22.6 Å². The van der Waals surface area contributed by atoms with Gasteiger partial charge in [-0.25, -0.2) is 0 Å². The van der Waals surface area contributed by atoms with E-state index in [0.717, 1.165) is 18.8 Å². The molecule has 0 saturated carbocycles. The van der Waals surface area contributed by atoms with Crippen LogP contribution in [0.1, 0.15) is 24.4 Å². The summed E-state index contributed by atoms with van der Waals surface area (Å²) < 4.78 is 1.25. The zero-order chi connectivity index (χ0) is 13.0. The molecule has 1 aromatic heterocycles. The topological polar surface area (TPSA) is 55.6 Å². The van der Waals surface area contributed by atoms with Gasteiger partial charge in [-0.3, -0.25) is 0 Å². The fraction of sp³-hybridized carbons (Fsp3) is 0.417. The first-order valence-corrected chi connectivity index (χ1v) is 6.99. The highest BCUT2D eigenvalue weighted by molar-refractivity contribution is 14.1. The quantitative estimate of drug-likeness (QED) is 0.828. The van der Waals surface area contributed by atoms with Crippen LogP contribution in [0.15, 0.2) is 24.3 Å². The lowest BCUT2D eigenvalue weighted by atomic mass is 10.0. The number of tetrazole rings is 1. The van der Waals surface area contributed by atoms with E-state index in [9.17, 15) is 0 Å². The number of aryl methyl sites for hydroxylation is 1. The first kappa shape index (κ1) is 13.4. The predicted molar refractivity (Wildman–Crippen MR) is 78.1 cm³/mol. The van der Waals surface area contributed by atoms with Crippen molar-refractivity contribution in [2.24, 2.45) is 7.05 Å². The molecule has 0 radical (unpaired) electrons. The Labute approximate surface area is 120 Å². The van der Waals surface area contributed by atoms with Crippen LogP contribution in [0.5, 0.6) is 0 Å². The van der Waals surface area contributed by atoms with E-state index >= 15 is 0 Å². The molecule has 2 rings (SSSR count). The van der Waals surface area contributed by atoms with Gasteiger partial charge in [0.25, 0.3) is 0 Å². The van der Waals surface area contributed by atoms with Gasteiger partial charge in [0.15, 0.2) is 5.82 Å². The predicted octanol–water partition coefficient (Wildman–Crippen LogP) is 1.71. The van der Waals surface area contributed by atoms with Gasteiger partial charge in [0.1, 0.15) is 0 Å². The van der Waals surface area contributed by atoms with Crippen LogP contribution in [0.3, 0.4) is 0 Å².